The van der Waals surface area contributed by atoms with Crippen molar-refractivity contribution in [2.24, 2.45) is 4.99 Å². The first-order chi connectivity index (χ1) is 14.7. The molecule has 2 N–H and O–H groups in total. The highest BCUT2D eigenvalue weighted by Gasteiger charge is 2.22. The van der Waals surface area contributed by atoms with Gasteiger partial charge in [-0.15, -0.1) is 24.8 Å². The second-order valence-corrected chi connectivity index (χ2v) is 7.73. The number of nitrogens with one attached hydrogen (secondary N) is 2. The summed E-state index contributed by atoms with van der Waals surface area (Å²) in [6, 6.07) is 11.6. The summed E-state index contributed by atoms with van der Waals surface area (Å²) in [5.74, 6) is 1.19. The Balaban J connectivity index is 0.00000144. The Morgan fingerprint density at radius 1 is 1.12 bits per heavy atom. The third-order valence-corrected chi connectivity index (χ3v) is 5.57. The van der Waals surface area contributed by atoms with Gasteiger partial charge in [-0.05, 0) is 62.4 Å². The van der Waals surface area contributed by atoms with E-state index in [1.165, 1.54) is 0 Å². The first-order valence-electron chi connectivity index (χ1n) is 10.2. The number of hydrogen-bond donors (Lipinski definition) is 2. The van der Waals surface area contributed by atoms with E-state index in [1.807, 2.05) is 42.6 Å². The van der Waals surface area contributed by atoms with Crippen LogP contribution in [0.5, 0.6) is 5.75 Å². The molecule has 1 aromatic carbocycles. The number of aromatic amines is 1. The molecule has 0 spiro atoms. The number of rotatable bonds is 4. The number of amidine groups is 1. The predicted octanol–water partition coefficient (Wildman–Crippen LogP) is 3.80. The van der Waals surface area contributed by atoms with Gasteiger partial charge in [0, 0.05) is 42.0 Å². The SMILES string of the molecule is CN1CCC(Oc2ccc(C3=N/C(=C\c4c[nH]c5ncccc45)C(=O)N3)cc2)CC1.Cl.Cl. The van der Waals surface area contributed by atoms with Gasteiger partial charge in [0.25, 0.3) is 5.91 Å². The second-order valence-electron chi connectivity index (χ2n) is 7.73. The molecule has 1 saturated heterocycles. The summed E-state index contributed by atoms with van der Waals surface area (Å²) in [6.45, 7) is 2.13. The minimum absolute atomic E-state index is 0. The molecule has 9 heteroatoms. The Morgan fingerprint density at radius 2 is 1.88 bits per heavy atom. The molecule has 2 aliphatic rings. The first-order valence-corrected chi connectivity index (χ1v) is 10.2. The van der Waals surface area contributed by atoms with Crippen molar-refractivity contribution < 1.29 is 9.53 Å². The summed E-state index contributed by atoms with van der Waals surface area (Å²) in [4.78, 5) is 26.6. The zero-order valence-corrected chi connectivity index (χ0v) is 19.2. The lowest BCUT2D eigenvalue weighted by atomic mass is 10.1. The van der Waals surface area contributed by atoms with Crippen LogP contribution < -0.4 is 10.1 Å². The van der Waals surface area contributed by atoms with Gasteiger partial charge in [0.15, 0.2) is 0 Å². The maximum Gasteiger partial charge on any atom is 0.275 e. The number of halogens is 2. The van der Waals surface area contributed by atoms with Crippen molar-refractivity contribution in [3.05, 3.63) is 65.6 Å². The van der Waals surface area contributed by atoms with Crippen LogP contribution in [0.1, 0.15) is 24.0 Å². The molecule has 0 atom stereocenters. The van der Waals surface area contributed by atoms with Crippen LogP contribution in [0, 0.1) is 0 Å². The van der Waals surface area contributed by atoms with E-state index in [-0.39, 0.29) is 36.8 Å². The normalized spacial score (nSPS) is 18.1. The summed E-state index contributed by atoms with van der Waals surface area (Å²) in [5.41, 5.74) is 2.90. The fourth-order valence-corrected chi connectivity index (χ4v) is 3.84. The van der Waals surface area contributed by atoms with Crippen LogP contribution in [0.2, 0.25) is 0 Å². The minimum Gasteiger partial charge on any atom is -0.490 e. The van der Waals surface area contributed by atoms with Crippen molar-refractivity contribution in [3.8, 4) is 5.75 Å². The molecule has 7 nitrogen and oxygen atoms in total. The number of carbonyl (C=O) groups excluding carboxylic acids is 1. The number of aromatic nitrogens is 2. The Kier molecular flexibility index (Phi) is 7.56. The molecule has 3 aromatic rings. The van der Waals surface area contributed by atoms with E-state index in [9.17, 15) is 4.79 Å². The fraction of sp³-hybridized carbons (Fsp3) is 0.261. The van der Waals surface area contributed by atoms with Crippen molar-refractivity contribution in [1.29, 1.82) is 0 Å². The molecule has 1 fully saturated rings. The van der Waals surface area contributed by atoms with Gasteiger partial charge in [0.2, 0.25) is 0 Å². The molecular weight excluding hydrogens is 449 g/mol. The highest BCUT2D eigenvalue weighted by atomic mass is 35.5. The molecule has 168 valence electrons. The van der Waals surface area contributed by atoms with Crippen LogP contribution in [-0.2, 0) is 4.79 Å². The monoisotopic (exact) mass is 473 g/mol. The largest absolute Gasteiger partial charge is 0.490 e. The van der Waals surface area contributed by atoms with Gasteiger partial charge in [-0.2, -0.15) is 0 Å². The zero-order valence-electron chi connectivity index (χ0n) is 17.6. The van der Waals surface area contributed by atoms with E-state index in [4.69, 9.17) is 4.74 Å². The Labute approximate surface area is 198 Å². The molecule has 0 saturated carbocycles. The van der Waals surface area contributed by atoms with E-state index < -0.39 is 0 Å². The van der Waals surface area contributed by atoms with E-state index in [0.717, 1.165) is 53.8 Å². The third kappa shape index (κ3) is 4.96. The van der Waals surface area contributed by atoms with Crippen molar-refractivity contribution in [1.82, 2.24) is 20.2 Å². The van der Waals surface area contributed by atoms with Gasteiger partial charge in [0.05, 0.1) is 0 Å². The summed E-state index contributed by atoms with van der Waals surface area (Å²) < 4.78 is 6.10. The molecule has 0 bridgehead atoms. The molecule has 0 aliphatic carbocycles. The summed E-state index contributed by atoms with van der Waals surface area (Å²) >= 11 is 0. The quantitative estimate of drug-likeness (QED) is 0.564. The van der Waals surface area contributed by atoms with Crippen molar-refractivity contribution in [3.63, 3.8) is 0 Å². The topological polar surface area (TPSA) is 82.6 Å². The lowest BCUT2D eigenvalue weighted by Crippen LogP contribution is -2.35. The van der Waals surface area contributed by atoms with E-state index >= 15 is 0 Å². The highest BCUT2D eigenvalue weighted by molar-refractivity contribution is 6.20. The lowest BCUT2D eigenvalue weighted by molar-refractivity contribution is -0.115. The number of amides is 1. The van der Waals surface area contributed by atoms with Gasteiger partial charge in [-0.25, -0.2) is 9.98 Å². The lowest BCUT2D eigenvalue weighted by Gasteiger charge is -2.29. The molecule has 0 radical (unpaired) electrons. The molecule has 4 heterocycles. The van der Waals surface area contributed by atoms with Crippen LogP contribution in [0.4, 0.5) is 0 Å². The van der Waals surface area contributed by atoms with E-state index in [1.54, 1.807) is 12.3 Å². The van der Waals surface area contributed by atoms with Gasteiger partial charge in [-0.3, -0.25) is 4.79 Å². The molecule has 2 aliphatic heterocycles. The van der Waals surface area contributed by atoms with Crippen LogP contribution in [0.25, 0.3) is 17.1 Å². The van der Waals surface area contributed by atoms with Crippen LogP contribution in [-0.4, -0.2) is 52.9 Å². The number of hydrogen-bond acceptors (Lipinski definition) is 5. The third-order valence-electron chi connectivity index (χ3n) is 5.57. The number of ether oxygens (including phenoxy) is 1. The average Bonchev–Trinajstić information content (AvgIpc) is 3.34. The molecule has 5 rings (SSSR count). The Hall–Kier alpha value is -2.87. The van der Waals surface area contributed by atoms with Crippen molar-refractivity contribution in [2.45, 2.75) is 18.9 Å². The maximum absolute atomic E-state index is 12.4. The second kappa shape index (κ2) is 10.2. The molecular formula is C23H25Cl2N5O2. The number of likely N-dealkylation sites (tertiary alicyclic amines) is 1. The van der Waals surface area contributed by atoms with Gasteiger partial charge < -0.3 is 19.9 Å². The number of benzene rings is 1. The highest BCUT2D eigenvalue weighted by Crippen LogP contribution is 2.23. The number of pyridine rings is 1. The zero-order chi connectivity index (χ0) is 20.5. The van der Waals surface area contributed by atoms with Crippen molar-refractivity contribution in [2.75, 3.05) is 20.1 Å². The first kappa shape index (κ1) is 23.8. The number of aliphatic imine (C=N–C) groups is 1. The predicted molar refractivity (Wildman–Crippen MR) is 131 cm³/mol. The smallest absolute Gasteiger partial charge is 0.275 e. The maximum atomic E-state index is 12.4. The molecule has 2 aromatic heterocycles. The van der Waals surface area contributed by atoms with Crippen LogP contribution in [0.3, 0.4) is 0 Å². The van der Waals surface area contributed by atoms with E-state index in [0.29, 0.717) is 11.5 Å². The van der Waals surface area contributed by atoms with Gasteiger partial charge >= 0.3 is 0 Å². The van der Waals surface area contributed by atoms with E-state index in [2.05, 4.69) is 32.2 Å². The number of carbonyl (C=O) groups is 1. The average molecular weight is 474 g/mol. The number of piperidine rings is 1. The summed E-state index contributed by atoms with van der Waals surface area (Å²) in [7, 11) is 2.14. The fourth-order valence-electron chi connectivity index (χ4n) is 3.84. The summed E-state index contributed by atoms with van der Waals surface area (Å²) in [5, 5.41) is 3.81. The van der Waals surface area contributed by atoms with Gasteiger partial charge in [0.1, 0.15) is 29.0 Å². The standard InChI is InChI=1S/C23H23N5O2.2ClH/c1-28-11-8-18(9-12-28)30-17-6-4-15(5-7-17)21-26-20(23(29)27-21)13-16-14-25-22-19(16)3-2-10-24-22;;/h2-7,10,13-14,18H,8-9,11-12H2,1H3,(H,24,25)(H,26,27,29);2*1H/b20-13-;;. The molecule has 32 heavy (non-hydrogen) atoms. The van der Waals surface area contributed by atoms with Crippen LogP contribution >= 0.6 is 24.8 Å². The number of fused-ring (bicyclic) bond motifs is 1. The minimum atomic E-state index is -0.213. The Bertz CT molecular complexity index is 1150. The molecule has 1 amide bonds. The van der Waals surface area contributed by atoms with Gasteiger partial charge in [-0.1, -0.05) is 0 Å². The Morgan fingerprint density at radius 3 is 2.62 bits per heavy atom. The number of H-pyrrole nitrogens is 1. The molecule has 0 unspecified atom stereocenters. The summed E-state index contributed by atoms with van der Waals surface area (Å²) in [6.07, 6.45) is 7.68. The van der Waals surface area contributed by atoms with Crippen molar-refractivity contribution >= 4 is 53.7 Å². The van der Waals surface area contributed by atoms with Crippen LogP contribution in [0.15, 0.2) is 59.5 Å². The number of nitrogens with zero attached hydrogens (tertiary/aromatic N) is 3.